The van der Waals surface area contributed by atoms with Crippen LogP contribution >= 0.6 is 11.8 Å². The van der Waals surface area contributed by atoms with E-state index in [1.807, 2.05) is 0 Å². The summed E-state index contributed by atoms with van der Waals surface area (Å²) in [6, 6.07) is 9.64. The monoisotopic (exact) mass is 518 g/mol. The minimum atomic E-state index is -4.15. The molecule has 1 aliphatic rings. The van der Waals surface area contributed by atoms with Crippen molar-refractivity contribution < 1.29 is 27.1 Å². The maximum Gasteiger partial charge on any atom is 0.284 e. The second kappa shape index (κ2) is 12.0. The Hall–Kier alpha value is -3.11. The number of unbranched alkanes of at least 4 members (excludes halogenated alkanes) is 2. The molecule has 1 saturated heterocycles. The Morgan fingerprint density at radius 2 is 1.89 bits per heavy atom. The van der Waals surface area contributed by atoms with E-state index in [4.69, 9.17) is 9.47 Å². The van der Waals surface area contributed by atoms with Crippen LogP contribution in [0.15, 0.2) is 69.3 Å². The maximum atomic E-state index is 13.2. The number of hydrogen-bond donors (Lipinski definition) is 0. The van der Waals surface area contributed by atoms with Crippen LogP contribution in [0, 0.1) is 5.82 Å². The van der Waals surface area contributed by atoms with Gasteiger partial charge in [-0.1, -0.05) is 31.9 Å². The van der Waals surface area contributed by atoms with Crippen molar-refractivity contribution in [1.82, 2.24) is 4.90 Å². The van der Waals surface area contributed by atoms with E-state index in [1.165, 1.54) is 11.0 Å². The molecule has 0 aromatic heterocycles. The summed E-state index contributed by atoms with van der Waals surface area (Å²) in [5.41, 5.74) is 0.688. The molecule has 10 heteroatoms. The molecule has 0 radical (unpaired) electrons. The van der Waals surface area contributed by atoms with Gasteiger partial charge in [-0.15, -0.1) is 11.0 Å². The smallest absolute Gasteiger partial charge is 0.284 e. The number of sulfonamides is 1. The molecule has 186 valence electrons. The molecule has 0 spiro atoms. The number of halogens is 1. The fourth-order valence-electron chi connectivity index (χ4n) is 3.21. The number of amides is 1. The zero-order valence-corrected chi connectivity index (χ0v) is 21.2. The molecule has 0 N–H and O–H groups in total. The van der Waals surface area contributed by atoms with E-state index < -0.39 is 21.7 Å². The maximum absolute atomic E-state index is 13.2. The highest BCUT2D eigenvalue weighted by Crippen LogP contribution is 2.35. The molecule has 7 nitrogen and oxygen atoms in total. The Labute approximate surface area is 209 Å². The molecular formula is C25H27FN2O5S2. The Balaban J connectivity index is 1.91. The molecule has 1 heterocycles. The molecule has 0 saturated carbocycles. The number of hydrogen-bond acceptors (Lipinski definition) is 6. The number of carbonyl (C=O) groups excluding carboxylic acids is 1. The molecule has 3 rings (SSSR count). The quantitative estimate of drug-likeness (QED) is 0.229. The van der Waals surface area contributed by atoms with Gasteiger partial charge < -0.3 is 9.47 Å². The van der Waals surface area contributed by atoms with Crippen LogP contribution in [0.5, 0.6) is 11.5 Å². The van der Waals surface area contributed by atoms with Gasteiger partial charge in [0.15, 0.2) is 16.7 Å². The van der Waals surface area contributed by atoms with Crippen molar-refractivity contribution >= 4 is 38.9 Å². The van der Waals surface area contributed by atoms with Gasteiger partial charge in [-0.3, -0.25) is 9.69 Å². The van der Waals surface area contributed by atoms with Gasteiger partial charge in [-0.05, 0) is 66.2 Å². The Kier molecular flexibility index (Phi) is 9.11. The van der Waals surface area contributed by atoms with Crippen LogP contribution < -0.4 is 9.47 Å². The van der Waals surface area contributed by atoms with E-state index in [1.54, 1.807) is 31.4 Å². The van der Waals surface area contributed by atoms with Crippen molar-refractivity contribution in [1.29, 1.82) is 0 Å². The van der Waals surface area contributed by atoms with Crippen LogP contribution in [0.2, 0.25) is 0 Å². The largest absolute Gasteiger partial charge is 0.493 e. The summed E-state index contributed by atoms with van der Waals surface area (Å²) in [5.74, 6) is 0.178. The average molecular weight is 519 g/mol. The topological polar surface area (TPSA) is 85.3 Å². The van der Waals surface area contributed by atoms with Crippen molar-refractivity contribution in [2.24, 2.45) is 4.40 Å². The van der Waals surface area contributed by atoms with Crippen LogP contribution in [0.4, 0.5) is 4.39 Å². The first-order valence-corrected chi connectivity index (χ1v) is 13.3. The predicted octanol–water partition coefficient (Wildman–Crippen LogP) is 5.25. The molecule has 0 atom stereocenters. The van der Waals surface area contributed by atoms with Gasteiger partial charge in [0.25, 0.3) is 15.9 Å². The predicted molar refractivity (Wildman–Crippen MR) is 137 cm³/mol. The van der Waals surface area contributed by atoms with Crippen LogP contribution in [0.3, 0.4) is 0 Å². The lowest BCUT2D eigenvalue weighted by Crippen LogP contribution is -2.29. The minimum Gasteiger partial charge on any atom is -0.493 e. The summed E-state index contributed by atoms with van der Waals surface area (Å²) in [5, 5.41) is -0.00461. The number of amidine groups is 1. The first-order chi connectivity index (χ1) is 16.8. The van der Waals surface area contributed by atoms with Gasteiger partial charge >= 0.3 is 0 Å². The van der Waals surface area contributed by atoms with Crippen LogP contribution in [-0.4, -0.2) is 44.7 Å². The fourth-order valence-corrected chi connectivity index (χ4v) is 5.40. The highest BCUT2D eigenvalue weighted by atomic mass is 32.2. The van der Waals surface area contributed by atoms with Crippen LogP contribution in [-0.2, 0) is 14.8 Å². The molecule has 0 unspecified atom stereocenters. The van der Waals surface area contributed by atoms with E-state index in [-0.39, 0.29) is 16.6 Å². The molecule has 2 aromatic rings. The van der Waals surface area contributed by atoms with Gasteiger partial charge in [0.1, 0.15) is 5.82 Å². The second-order valence-electron chi connectivity index (χ2n) is 7.58. The lowest BCUT2D eigenvalue weighted by atomic mass is 10.2. The van der Waals surface area contributed by atoms with Gasteiger partial charge in [0.2, 0.25) is 0 Å². The third-order valence-corrected chi connectivity index (χ3v) is 7.40. The molecule has 0 bridgehead atoms. The number of thioether (sulfide) groups is 1. The molecule has 1 amide bonds. The number of methoxy groups -OCH3 is 1. The SMILES string of the molecule is C=CCN1C(=O)/C(=C/c2ccc(OC)c(OCCCCC)c2)S/C1=N/S(=O)(=O)c1ccc(F)cc1. The first kappa shape index (κ1) is 26.5. The number of nitrogens with zero attached hydrogens (tertiary/aromatic N) is 2. The van der Waals surface area contributed by atoms with E-state index in [0.29, 0.717) is 28.6 Å². The van der Waals surface area contributed by atoms with E-state index in [2.05, 4.69) is 17.9 Å². The van der Waals surface area contributed by atoms with Crippen molar-refractivity contribution in [3.63, 3.8) is 0 Å². The summed E-state index contributed by atoms with van der Waals surface area (Å²) in [7, 11) is -2.60. The third-order valence-electron chi connectivity index (χ3n) is 5.00. The lowest BCUT2D eigenvalue weighted by Gasteiger charge is -2.12. The van der Waals surface area contributed by atoms with E-state index in [0.717, 1.165) is 55.3 Å². The second-order valence-corrected chi connectivity index (χ2v) is 10.2. The fraction of sp³-hybridized carbons (Fsp3) is 0.280. The van der Waals surface area contributed by atoms with Crippen molar-refractivity contribution in [3.8, 4) is 11.5 Å². The Morgan fingerprint density at radius 1 is 1.14 bits per heavy atom. The summed E-state index contributed by atoms with van der Waals surface area (Å²) in [4.78, 5) is 14.4. The highest BCUT2D eigenvalue weighted by molar-refractivity contribution is 8.19. The van der Waals surface area contributed by atoms with Gasteiger partial charge in [-0.25, -0.2) is 4.39 Å². The zero-order valence-electron chi connectivity index (χ0n) is 19.6. The molecular weight excluding hydrogens is 491 g/mol. The zero-order chi connectivity index (χ0) is 25.4. The lowest BCUT2D eigenvalue weighted by molar-refractivity contribution is -0.121. The standard InChI is InChI=1S/C25H27FN2O5S2/c1-4-6-7-15-33-22-16-18(8-13-21(22)32-3)17-23-24(29)28(14-5-2)25(34-23)27-35(30,31)20-11-9-19(26)10-12-20/h5,8-13,16-17H,2,4,6-7,14-15H2,1,3H3/b23-17-,27-25+. The third kappa shape index (κ3) is 6.73. The summed E-state index contributed by atoms with van der Waals surface area (Å²) in [6.07, 6.45) is 6.18. The van der Waals surface area contributed by atoms with Gasteiger partial charge in [0, 0.05) is 6.54 Å². The van der Waals surface area contributed by atoms with Crippen LogP contribution in [0.1, 0.15) is 31.7 Å². The average Bonchev–Trinajstić information content (AvgIpc) is 3.11. The normalized spacial score (nSPS) is 16.2. The summed E-state index contributed by atoms with van der Waals surface area (Å²) in [6.45, 7) is 6.38. The van der Waals surface area contributed by atoms with Crippen LogP contribution in [0.25, 0.3) is 6.08 Å². The highest BCUT2D eigenvalue weighted by Gasteiger charge is 2.34. The number of carbonyl (C=O) groups is 1. The van der Waals surface area contributed by atoms with Crippen molar-refractivity contribution in [2.45, 2.75) is 31.1 Å². The summed E-state index contributed by atoms with van der Waals surface area (Å²) < 4.78 is 53.8. The van der Waals surface area contributed by atoms with Crippen molar-refractivity contribution in [2.75, 3.05) is 20.3 Å². The molecule has 2 aromatic carbocycles. The first-order valence-electron chi connectivity index (χ1n) is 11.0. The van der Waals surface area contributed by atoms with Crippen molar-refractivity contribution in [3.05, 3.63) is 71.4 Å². The Morgan fingerprint density at radius 3 is 2.54 bits per heavy atom. The molecule has 1 aliphatic heterocycles. The minimum absolute atomic E-state index is 0.00461. The summed E-state index contributed by atoms with van der Waals surface area (Å²) >= 11 is 0.941. The Bertz CT molecular complexity index is 1240. The molecule has 0 aliphatic carbocycles. The van der Waals surface area contributed by atoms with Gasteiger partial charge in [-0.2, -0.15) is 8.42 Å². The molecule has 1 fully saturated rings. The van der Waals surface area contributed by atoms with E-state index >= 15 is 0 Å². The molecule has 35 heavy (non-hydrogen) atoms. The van der Waals surface area contributed by atoms with E-state index in [9.17, 15) is 17.6 Å². The number of benzene rings is 2. The number of rotatable bonds is 11. The van der Waals surface area contributed by atoms with Gasteiger partial charge in [0.05, 0.1) is 23.5 Å². The number of ether oxygens (including phenoxy) is 2.